The van der Waals surface area contributed by atoms with Gasteiger partial charge in [-0.1, -0.05) is 97.0 Å². The number of hydrogen-bond acceptors (Lipinski definition) is 10. The summed E-state index contributed by atoms with van der Waals surface area (Å²) in [7, 11) is -3.86. The van der Waals surface area contributed by atoms with Gasteiger partial charge in [-0.05, 0) is 44.1 Å². The lowest BCUT2D eigenvalue weighted by Crippen LogP contribution is -2.57. The van der Waals surface area contributed by atoms with Gasteiger partial charge < -0.3 is 20.3 Å². The Balaban J connectivity index is 1.19. The van der Waals surface area contributed by atoms with Crippen molar-refractivity contribution in [3.05, 3.63) is 72.8 Å². The van der Waals surface area contributed by atoms with E-state index in [9.17, 15) is 27.6 Å². The molecular weight excluding hydrogens is 703 g/mol. The van der Waals surface area contributed by atoms with Crippen LogP contribution in [-0.4, -0.2) is 77.5 Å². The van der Waals surface area contributed by atoms with Crippen molar-refractivity contribution in [2.45, 2.75) is 93.7 Å². The molecule has 3 heterocycles. The second kappa shape index (κ2) is 14.8. The number of amides is 3. The molecule has 7 rings (SSSR count). The summed E-state index contributed by atoms with van der Waals surface area (Å²) in [5, 5.41) is 6.23. The van der Waals surface area contributed by atoms with E-state index in [4.69, 9.17) is 9.72 Å². The molecule has 0 bridgehead atoms. The first-order chi connectivity index (χ1) is 25.0. The van der Waals surface area contributed by atoms with Crippen LogP contribution < -0.4 is 15.4 Å². The molecule has 3 fully saturated rings. The van der Waals surface area contributed by atoms with Crippen LogP contribution in [0.25, 0.3) is 21.7 Å². The van der Waals surface area contributed by atoms with Gasteiger partial charge in [-0.2, -0.15) is 0 Å². The molecule has 3 amide bonds. The molecule has 52 heavy (non-hydrogen) atoms. The lowest BCUT2D eigenvalue weighted by atomic mass is 10.0. The maximum absolute atomic E-state index is 14.6. The Morgan fingerprint density at radius 1 is 0.981 bits per heavy atom. The molecule has 0 unspecified atom stereocenters. The summed E-state index contributed by atoms with van der Waals surface area (Å²) in [6, 6.07) is 18.0. The van der Waals surface area contributed by atoms with Crippen molar-refractivity contribution in [2.24, 2.45) is 5.92 Å². The summed E-state index contributed by atoms with van der Waals surface area (Å²) in [5.41, 5.74) is 1.25. The van der Waals surface area contributed by atoms with Crippen LogP contribution in [0, 0.1) is 5.92 Å². The summed E-state index contributed by atoms with van der Waals surface area (Å²) in [6.45, 7) is 1.27. The molecular formula is C38H43N5O7S2. The molecule has 5 atom stereocenters. The number of aromatic nitrogens is 1. The molecule has 2 aliphatic carbocycles. The van der Waals surface area contributed by atoms with E-state index in [-0.39, 0.29) is 25.3 Å². The molecule has 4 aliphatic rings. The molecule has 274 valence electrons. The smallest absolute Gasteiger partial charge is 0.302 e. The van der Waals surface area contributed by atoms with Crippen LogP contribution in [0.3, 0.4) is 0 Å². The number of allylic oxidation sites excluding steroid dienone is 1. The van der Waals surface area contributed by atoms with E-state index in [2.05, 4.69) is 15.4 Å². The first-order valence-corrected chi connectivity index (χ1v) is 20.3. The maximum atomic E-state index is 14.6. The number of benzene rings is 2. The minimum atomic E-state index is -3.86. The number of rotatable bonds is 8. The third kappa shape index (κ3) is 7.77. The van der Waals surface area contributed by atoms with Gasteiger partial charge in [0.15, 0.2) is 5.13 Å². The highest BCUT2D eigenvalue weighted by atomic mass is 32.2. The number of carbonyl (C=O) groups excluding carboxylic acids is 4. The van der Waals surface area contributed by atoms with Gasteiger partial charge >= 0.3 is 5.97 Å². The number of esters is 1. The molecule has 2 saturated carbocycles. The molecule has 3 N–H and O–H groups in total. The van der Waals surface area contributed by atoms with Gasteiger partial charge in [0.1, 0.15) is 23.7 Å². The predicted octanol–water partition coefficient (Wildman–Crippen LogP) is 4.79. The minimum absolute atomic E-state index is 0.00430. The highest BCUT2D eigenvalue weighted by molar-refractivity contribution is 7.91. The van der Waals surface area contributed by atoms with Gasteiger partial charge in [0, 0.05) is 24.8 Å². The second-order valence-electron chi connectivity index (χ2n) is 14.1. The predicted molar refractivity (Wildman–Crippen MR) is 197 cm³/mol. The molecule has 3 aromatic rings. The third-order valence-corrected chi connectivity index (χ3v) is 13.0. The van der Waals surface area contributed by atoms with Gasteiger partial charge in [0.25, 0.3) is 5.91 Å². The zero-order valence-corrected chi connectivity index (χ0v) is 30.6. The summed E-state index contributed by atoms with van der Waals surface area (Å²) >= 11 is 1.45. The zero-order chi connectivity index (χ0) is 36.5. The standard InChI is InChI=1S/C38H43N5O7S2/c1-24(44)50-28-21-31-34(45)41-38(36(47)42-52(48,49)29-19-20-29)22-27(38)17-11-3-2-4-12-18-30(35(46)43(31)23-28)39-37-40-32(25-13-7-5-8-14-25)33(51-37)26-15-9-6-10-16-26/h5-11,13-17,27-31H,2-4,12,18-23H2,1H3,(H,39,40)(H,41,45)(H,42,47)/t27-,28-,30+,31+,38-/m1/s1. The Morgan fingerprint density at radius 2 is 1.69 bits per heavy atom. The van der Waals surface area contributed by atoms with Crippen molar-refractivity contribution in [1.82, 2.24) is 19.9 Å². The van der Waals surface area contributed by atoms with Gasteiger partial charge in [-0.15, -0.1) is 0 Å². The Kier molecular flexibility index (Phi) is 10.2. The first-order valence-electron chi connectivity index (χ1n) is 17.9. The van der Waals surface area contributed by atoms with Crippen molar-refractivity contribution >= 4 is 50.2 Å². The van der Waals surface area contributed by atoms with E-state index in [1.54, 1.807) is 0 Å². The number of sulfonamides is 1. The zero-order valence-electron chi connectivity index (χ0n) is 29.0. The summed E-state index contributed by atoms with van der Waals surface area (Å²) in [5.74, 6) is -2.65. The fourth-order valence-electron chi connectivity index (χ4n) is 7.19. The Bertz CT molecular complexity index is 1910. The fraction of sp³-hybridized carbons (Fsp3) is 0.447. The Hall–Kier alpha value is -4.56. The van der Waals surface area contributed by atoms with E-state index in [1.165, 1.54) is 23.2 Å². The van der Waals surface area contributed by atoms with Crippen molar-refractivity contribution in [1.29, 1.82) is 0 Å². The molecule has 12 nitrogen and oxygen atoms in total. The Morgan fingerprint density at radius 3 is 2.38 bits per heavy atom. The highest BCUT2D eigenvalue weighted by Gasteiger charge is 2.62. The summed E-state index contributed by atoms with van der Waals surface area (Å²) in [6.07, 6.45) is 7.99. The molecule has 14 heteroatoms. The number of carbonyl (C=O) groups is 4. The van der Waals surface area contributed by atoms with Crippen LogP contribution in [0.1, 0.15) is 64.7 Å². The number of nitrogens with one attached hydrogen (secondary N) is 3. The van der Waals surface area contributed by atoms with Gasteiger partial charge in [0.2, 0.25) is 21.8 Å². The average Bonchev–Trinajstić information content (AvgIpc) is 4.02. The lowest BCUT2D eigenvalue weighted by molar-refractivity contribution is -0.146. The van der Waals surface area contributed by atoms with E-state index >= 15 is 0 Å². The first kappa shape index (κ1) is 35.8. The molecule has 1 saturated heterocycles. The number of ether oxygens (including phenoxy) is 1. The second-order valence-corrected chi connectivity index (χ2v) is 17.1. The Labute approximate surface area is 307 Å². The number of nitrogens with zero attached hydrogens (tertiary/aromatic N) is 2. The topological polar surface area (TPSA) is 164 Å². The molecule has 0 spiro atoms. The van der Waals surface area contributed by atoms with Crippen molar-refractivity contribution in [3.8, 4) is 21.7 Å². The number of hydrogen-bond donors (Lipinski definition) is 3. The average molecular weight is 746 g/mol. The van der Waals surface area contributed by atoms with Crippen molar-refractivity contribution in [3.63, 3.8) is 0 Å². The molecule has 2 aromatic carbocycles. The van der Waals surface area contributed by atoms with Crippen LogP contribution in [-0.2, 0) is 33.9 Å². The molecule has 2 aliphatic heterocycles. The van der Waals surface area contributed by atoms with Crippen molar-refractivity contribution in [2.75, 3.05) is 11.9 Å². The van der Waals surface area contributed by atoms with E-state index in [1.807, 2.05) is 72.8 Å². The fourth-order valence-corrected chi connectivity index (χ4v) is 9.60. The highest BCUT2D eigenvalue weighted by Crippen LogP contribution is 2.46. The summed E-state index contributed by atoms with van der Waals surface area (Å²) in [4.78, 5) is 61.8. The molecule has 1 aromatic heterocycles. The van der Waals surface area contributed by atoms with Crippen LogP contribution in [0.2, 0.25) is 0 Å². The van der Waals surface area contributed by atoms with E-state index in [0.717, 1.165) is 47.4 Å². The number of anilines is 1. The SMILES string of the molecule is CC(=O)O[C@@H]1C[C@H]2C(=O)N[C@]3(C(=O)NS(=O)(=O)C4CC4)C[C@H]3C=CCCCCC[C@H](Nc3nc(-c4ccccc4)c(-c4ccccc4)s3)C(=O)N2C1. The maximum Gasteiger partial charge on any atom is 0.302 e. The van der Waals surface area contributed by atoms with Crippen LogP contribution >= 0.6 is 11.3 Å². The van der Waals surface area contributed by atoms with Gasteiger partial charge in [0.05, 0.1) is 22.4 Å². The van der Waals surface area contributed by atoms with Crippen molar-refractivity contribution < 1.29 is 32.3 Å². The van der Waals surface area contributed by atoms with Crippen LogP contribution in [0.4, 0.5) is 5.13 Å². The summed E-state index contributed by atoms with van der Waals surface area (Å²) < 4.78 is 33.2. The third-order valence-electron chi connectivity index (χ3n) is 10.2. The number of thiazole rings is 1. The van der Waals surface area contributed by atoms with Gasteiger partial charge in [-0.25, -0.2) is 13.4 Å². The minimum Gasteiger partial charge on any atom is -0.461 e. The van der Waals surface area contributed by atoms with Crippen LogP contribution in [0.15, 0.2) is 72.8 Å². The molecule has 0 radical (unpaired) electrons. The monoisotopic (exact) mass is 745 g/mol. The van der Waals surface area contributed by atoms with Gasteiger partial charge in [-0.3, -0.25) is 23.9 Å². The normalized spacial score (nSPS) is 26.6. The quantitative estimate of drug-likeness (QED) is 0.217. The lowest BCUT2D eigenvalue weighted by Gasteiger charge is -2.29. The van der Waals surface area contributed by atoms with E-state index in [0.29, 0.717) is 24.4 Å². The van der Waals surface area contributed by atoms with E-state index < -0.39 is 62.7 Å². The number of fused-ring (bicyclic) bond motifs is 2. The largest absolute Gasteiger partial charge is 0.461 e. The van der Waals surface area contributed by atoms with Crippen LogP contribution in [0.5, 0.6) is 0 Å².